The number of rotatable bonds is 6. The van der Waals surface area contributed by atoms with Gasteiger partial charge in [0, 0.05) is 32.4 Å². The van der Waals surface area contributed by atoms with E-state index in [0.717, 1.165) is 50.6 Å². The van der Waals surface area contributed by atoms with Gasteiger partial charge >= 0.3 is 0 Å². The molecule has 0 unspecified atom stereocenters. The molecule has 0 saturated carbocycles. The quantitative estimate of drug-likeness (QED) is 0.865. The molecule has 0 bridgehead atoms. The molecular weight excluding hydrogens is 335 g/mol. The third kappa shape index (κ3) is 4.85. The first-order valence-corrected chi connectivity index (χ1v) is 8.47. The molecule has 1 aliphatic heterocycles. The van der Waals surface area contributed by atoms with Gasteiger partial charge in [-0.3, -0.25) is 9.58 Å². The second-order valence-electron chi connectivity index (χ2n) is 5.55. The molecule has 5 nitrogen and oxygen atoms in total. The van der Waals surface area contributed by atoms with Crippen LogP contribution in [0.2, 0.25) is 10.0 Å². The number of aromatic nitrogens is 2. The maximum absolute atomic E-state index is 6.03. The number of hydrogen-bond acceptors (Lipinski definition) is 4. The monoisotopic (exact) mass is 354 g/mol. The number of nitrogens with one attached hydrogen (secondary N) is 1. The Morgan fingerprint density at radius 1 is 1.13 bits per heavy atom. The number of hydrogen-bond donors (Lipinski definition) is 1. The highest BCUT2D eigenvalue weighted by molar-refractivity contribution is 6.42. The molecule has 1 saturated heterocycles. The Balaban J connectivity index is 1.47. The van der Waals surface area contributed by atoms with E-state index in [1.807, 2.05) is 35.3 Å². The zero-order chi connectivity index (χ0) is 16.1. The van der Waals surface area contributed by atoms with Crippen LogP contribution in [-0.2, 0) is 17.8 Å². The third-order valence-electron chi connectivity index (χ3n) is 3.86. The molecule has 0 aliphatic carbocycles. The van der Waals surface area contributed by atoms with Crippen molar-refractivity contribution in [2.24, 2.45) is 0 Å². The Labute approximate surface area is 146 Å². The minimum absolute atomic E-state index is 0.575. The molecule has 1 fully saturated rings. The minimum Gasteiger partial charge on any atom is -0.379 e. The van der Waals surface area contributed by atoms with Crippen molar-refractivity contribution < 1.29 is 4.74 Å². The van der Waals surface area contributed by atoms with Gasteiger partial charge in [0.05, 0.1) is 41.7 Å². The number of morpholine rings is 1. The van der Waals surface area contributed by atoms with Gasteiger partial charge in [-0.1, -0.05) is 29.3 Å². The van der Waals surface area contributed by atoms with Gasteiger partial charge in [-0.25, -0.2) is 0 Å². The summed E-state index contributed by atoms with van der Waals surface area (Å²) in [6.45, 7) is 6.23. The summed E-state index contributed by atoms with van der Waals surface area (Å²) in [5.74, 6) is 0. The summed E-state index contributed by atoms with van der Waals surface area (Å²) in [5.41, 5.74) is 2.08. The van der Waals surface area contributed by atoms with Crippen LogP contribution >= 0.6 is 23.2 Å². The van der Waals surface area contributed by atoms with Crippen LogP contribution < -0.4 is 5.32 Å². The normalized spacial score (nSPS) is 15.7. The first-order valence-electron chi connectivity index (χ1n) is 7.71. The third-order valence-corrected chi connectivity index (χ3v) is 4.60. The molecular formula is C16H20Cl2N4O. The molecule has 2 heterocycles. The molecule has 0 radical (unpaired) electrons. The molecule has 2 aromatic rings. The molecule has 3 rings (SSSR count). The van der Waals surface area contributed by atoms with Crippen molar-refractivity contribution in [1.29, 1.82) is 0 Å². The van der Waals surface area contributed by atoms with Crippen molar-refractivity contribution in [3.05, 3.63) is 46.2 Å². The summed E-state index contributed by atoms with van der Waals surface area (Å²) >= 11 is 11.9. The van der Waals surface area contributed by atoms with Crippen LogP contribution in [0.4, 0.5) is 5.69 Å². The fraction of sp³-hybridized carbons (Fsp3) is 0.438. The lowest BCUT2D eigenvalue weighted by Gasteiger charge is -2.26. The fourth-order valence-electron chi connectivity index (χ4n) is 2.50. The molecule has 23 heavy (non-hydrogen) atoms. The largest absolute Gasteiger partial charge is 0.379 e. The first kappa shape index (κ1) is 16.6. The number of nitrogens with zero attached hydrogens (tertiary/aromatic N) is 3. The first-order chi connectivity index (χ1) is 11.2. The van der Waals surface area contributed by atoms with E-state index in [4.69, 9.17) is 27.9 Å². The van der Waals surface area contributed by atoms with Gasteiger partial charge in [-0.15, -0.1) is 0 Å². The van der Waals surface area contributed by atoms with Crippen LogP contribution in [0.15, 0.2) is 30.6 Å². The highest BCUT2D eigenvalue weighted by Gasteiger charge is 2.10. The second-order valence-corrected chi connectivity index (χ2v) is 6.36. The summed E-state index contributed by atoms with van der Waals surface area (Å²) in [6, 6.07) is 5.65. The predicted octanol–water partition coefficient (Wildman–Crippen LogP) is 3.13. The number of anilines is 1. The molecule has 0 spiro atoms. The molecule has 0 atom stereocenters. The standard InChI is InChI=1S/C16H20Cl2N4O/c17-15-2-1-13(9-16(15)18)10-19-14-11-20-22(12-14)4-3-21-5-7-23-8-6-21/h1-2,9,11-12,19H,3-8,10H2. The lowest BCUT2D eigenvalue weighted by atomic mass is 10.2. The number of halogens is 2. The van der Waals surface area contributed by atoms with Gasteiger partial charge in [0.1, 0.15) is 0 Å². The smallest absolute Gasteiger partial charge is 0.0729 e. The second kappa shape index (κ2) is 8.02. The van der Waals surface area contributed by atoms with E-state index in [2.05, 4.69) is 15.3 Å². The molecule has 1 aliphatic rings. The Hall–Kier alpha value is -1.27. The van der Waals surface area contributed by atoms with Crippen molar-refractivity contribution >= 4 is 28.9 Å². The van der Waals surface area contributed by atoms with Crippen molar-refractivity contribution in [2.75, 3.05) is 38.2 Å². The SMILES string of the molecule is Clc1ccc(CNc2cnn(CCN3CCOCC3)c2)cc1Cl. The van der Waals surface area contributed by atoms with E-state index in [1.165, 1.54) is 0 Å². The van der Waals surface area contributed by atoms with Gasteiger partial charge in [0.2, 0.25) is 0 Å². The average molecular weight is 355 g/mol. The molecule has 1 aromatic heterocycles. The Morgan fingerprint density at radius 3 is 2.74 bits per heavy atom. The number of benzene rings is 1. The van der Waals surface area contributed by atoms with E-state index >= 15 is 0 Å². The lowest BCUT2D eigenvalue weighted by Crippen LogP contribution is -2.38. The van der Waals surface area contributed by atoms with Crippen LogP contribution in [0.1, 0.15) is 5.56 Å². The van der Waals surface area contributed by atoms with Gasteiger partial charge in [0.25, 0.3) is 0 Å². The van der Waals surface area contributed by atoms with Crippen LogP contribution in [0, 0.1) is 0 Å². The Morgan fingerprint density at radius 2 is 1.96 bits per heavy atom. The summed E-state index contributed by atoms with van der Waals surface area (Å²) in [6.07, 6.45) is 3.87. The number of ether oxygens (including phenoxy) is 1. The zero-order valence-electron chi connectivity index (χ0n) is 12.8. The summed E-state index contributed by atoms with van der Waals surface area (Å²) < 4.78 is 7.32. The Kier molecular flexibility index (Phi) is 5.78. The van der Waals surface area contributed by atoms with E-state index in [-0.39, 0.29) is 0 Å². The van der Waals surface area contributed by atoms with Crippen molar-refractivity contribution in [3.8, 4) is 0 Å². The molecule has 1 N–H and O–H groups in total. The fourth-order valence-corrected chi connectivity index (χ4v) is 2.82. The predicted molar refractivity (Wildman–Crippen MR) is 93.3 cm³/mol. The van der Waals surface area contributed by atoms with E-state index in [9.17, 15) is 0 Å². The molecule has 7 heteroatoms. The van der Waals surface area contributed by atoms with Crippen LogP contribution in [0.5, 0.6) is 0 Å². The van der Waals surface area contributed by atoms with Gasteiger partial charge < -0.3 is 10.1 Å². The van der Waals surface area contributed by atoms with Gasteiger partial charge in [-0.2, -0.15) is 5.10 Å². The maximum Gasteiger partial charge on any atom is 0.0729 e. The lowest BCUT2D eigenvalue weighted by molar-refractivity contribution is 0.0360. The van der Waals surface area contributed by atoms with Gasteiger partial charge in [0.15, 0.2) is 0 Å². The van der Waals surface area contributed by atoms with E-state index in [0.29, 0.717) is 16.6 Å². The minimum atomic E-state index is 0.575. The summed E-state index contributed by atoms with van der Waals surface area (Å²) in [4.78, 5) is 2.40. The van der Waals surface area contributed by atoms with Crippen molar-refractivity contribution in [1.82, 2.24) is 14.7 Å². The average Bonchev–Trinajstić information content (AvgIpc) is 3.03. The Bertz CT molecular complexity index is 641. The molecule has 1 aromatic carbocycles. The van der Waals surface area contributed by atoms with Crippen LogP contribution in [0.25, 0.3) is 0 Å². The highest BCUT2D eigenvalue weighted by Crippen LogP contribution is 2.23. The highest BCUT2D eigenvalue weighted by atomic mass is 35.5. The van der Waals surface area contributed by atoms with Crippen molar-refractivity contribution in [2.45, 2.75) is 13.1 Å². The van der Waals surface area contributed by atoms with Gasteiger partial charge in [-0.05, 0) is 17.7 Å². The summed E-state index contributed by atoms with van der Waals surface area (Å²) in [5, 5.41) is 8.89. The maximum atomic E-state index is 6.03. The zero-order valence-corrected chi connectivity index (χ0v) is 14.4. The topological polar surface area (TPSA) is 42.3 Å². The molecule has 124 valence electrons. The van der Waals surface area contributed by atoms with Crippen LogP contribution in [-0.4, -0.2) is 47.5 Å². The van der Waals surface area contributed by atoms with Crippen LogP contribution in [0.3, 0.4) is 0 Å². The van der Waals surface area contributed by atoms with E-state index < -0.39 is 0 Å². The van der Waals surface area contributed by atoms with Crippen molar-refractivity contribution in [3.63, 3.8) is 0 Å². The summed E-state index contributed by atoms with van der Waals surface area (Å²) in [7, 11) is 0. The molecule has 0 amide bonds. The van der Waals surface area contributed by atoms with E-state index in [1.54, 1.807) is 0 Å².